The summed E-state index contributed by atoms with van der Waals surface area (Å²) >= 11 is 0. The molecule has 2 N–H and O–H groups in total. The van der Waals surface area contributed by atoms with E-state index in [2.05, 4.69) is 15.4 Å². The second-order valence-corrected chi connectivity index (χ2v) is 13.2. The lowest BCUT2D eigenvalue weighted by atomic mass is 10.1. The van der Waals surface area contributed by atoms with Gasteiger partial charge in [-0.25, -0.2) is 16.8 Å². The minimum Gasteiger partial charge on any atom is -0.410 e. The number of hydrogen-bond acceptors (Lipinski definition) is 8. The molecule has 2 aromatic rings. The van der Waals surface area contributed by atoms with Crippen molar-refractivity contribution in [2.75, 3.05) is 46.3 Å². The first-order chi connectivity index (χ1) is 16.2. The van der Waals surface area contributed by atoms with Crippen LogP contribution < -0.4 is 5.32 Å². The van der Waals surface area contributed by atoms with Crippen LogP contribution >= 0.6 is 0 Å². The maximum absolute atomic E-state index is 13.2. The van der Waals surface area contributed by atoms with E-state index in [9.17, 15) is 22.0 Å². The minimum absolute atomic E-state index is 0.132. The highest BCUT2D eigenvalue weighted by atomic mass is 32.2. The Hall–Kier alpha value is -2.31. The molecule has 1 aliphatic carbocycles. The lowest BCUT2D eigenvalue weighted by Gasteiger charge is -2.31. The van der Waals surface area contributed by atoms with Gasteiger partial charge in [-0.3, -0.25) is 0 Å². The van der Waals surface area contributed by atoms with Gasteiger partial charge in [0.2, 0.25) is 10.0 Å². The molecule has 11 heteroatoms. The molecule has 5 rings (SSSR count). The molecule has 182 valence electrons. The summed E-state index contributed by atoms with van der Waals surface area (Å²) in [4.78, 5) is 2.40. The third-order valence-corrected chi connectivity index (χ3v) is 11.2. The first-order valence-corrected chi connectivity index (χ1v) is 14.4. The predicted octanol–water partition coefficient (Wildman–Crippen LogP) is 1.36. The van der Waals surface area contributed by atoms with E-state index in [0.717, 1.165) is 5.56 Å². The molecular weight excluding hydrogens is 476 g/mol. The molecule has 0 spiro atoms. The summed E-state index contributed by atoms with van der Waals surface area (Å²) in [5.41, 5.74) is 2.58. The average molecular weight is 505 g/mol. The first kappa shape index (κ1) is 23.4. The first-order valence-electron chi connectivity index (χ1n) is 11.4. The van der Waals surface area contributed by atoms with Crippen LogP contribution in [0.5, 0.6) is 0 Å². The number of nitrogens with one attached hydrogen (secondary N) is 1. The fourth-order valence-corrected chi connectivity index (χ4v) is 8.20. The quantitative estimate of drug-likeness (QED) is 0.407. The van der Waals surface area contributed by atoms with E-state index in [1.54, 1.807) is 30.3 Å². The van der Waals surface area contributed by atoms with Crippen LogP contribution in [0.1, 0.15) is 24.0 Å². The van der Waals surface area contributed by atoms with Gasteiger partial charge in [0.05, 0.1) is 15.0 Å². The van der Waals surface area contributed by atoms with Crippen LogP contribution in [0.2, 0.25) is 0 Å². The monoisotopic (exact) mass is 504 g/mol. The van der Waals surface area contributed by atoms with Crippen molar-refractivity contribution in [3.05, 3.63) is 47.5 Å². The van der Waals surface area contributed by atoms with Gasteiger partial charge in [0.25, 0.3) is 0 Å². The van der Waals surface area contributed by atoms with Gasteiger partial charge in [-0.15, -0.1) is 0 Å². The van der Waals surface area contributed by atoms with E-state index in [1.165, 1.54) is 10.4 Å². The van der Waals surface area contributed by atoms with E-state index in [-0.39, 0.29) is 15.5 Å². The molecule has 0 radical (unpaired) electrons. The zero-order chi connectivity index (χ0) is 24.1. The molecule has 0 saturated carbocycles. The fourth-order valence-electron chi connectivity index (χ4n) is 4.97. The number of sulfonamides is 1. The molecule has 34 heavy (non-hydrogen) atoms. The van der Waals surface area contributed by atoms with Gasteiger partial charge in [-0.1, -0.05) is 17.3 Å². The third-order valence-electron chi connectivity index (χ3n) is 7.04. The predicted molar refractivity (Wildman–Crippen MR) is 129 cm³/mol. The van der Waals surface area contributed by atoms with E-state index >= 15 is 0 Å². The highest BCUT2D eigenvalue weighted by Gasteiger charge is 2.34. The Kier molecular flexibility index (Phi) is 6.01. The Balaban J connectivity index is 1.51. The SMILES string of the molecule is CN1CCN(S(=O)(=O)c2ccc3c(c2)/C(=N/O)c2cc(S(=O)(=O)C4CCNCC4)ccc2-3)CC1. The summed E-state index contributed by atoms with van der Waals surface area (Å²) < 4.78 is 54.4. The standard InChI is InChI=1S/C23H28N4O5S2/c1-26-10-12-27(13-11-26)34(31,32)18-3-5-20-19-4-2-17(14-21(19)23(25-28)22(20)15-18)33(29,30)16-6-8-24-9-7-16/h2-5,14-16,24,28H,6-13H2,1H3/b25-23+. The molecule has 0 atom stereocenters. The van der Waals surface area contributed by atoms with E-state index in [4.69, 9.17) is 0 Å². The van der Waals surface area contributed by atoms with Gasteiger partial charge in [-0.05, 0) is 68.4 Å². The van der Waals surface area contributed by atoms with Crippen molar-refractivity contribution in [3.8, 4) is 11.1 Å². The van der Waals surface area contributed by atoms with Crippen molar-refractivity contribution in [1.29, 1.82) is 0 Å². The van der Waals surface area contributed by atoms with Gasteiger partial charge in [0.1, 0.15) is 5.71 Å². The zero-order valence-corrected chi connectivity index (χ0v) is 20.6. The highest BCUT2D eigenvalue weighted by molar-refractivity contribution is 7.92. The van der Waals surface area contributed by atoms with Crippen molar-refractivity contribution in [1.82, 2.24) is 14.5 Å². The van der Waals surface area contributed by atoms with Crippen molar-refractivity contribution < 1.29 is 22.0 Å². The van der Waals surface area contributed by atoms with Crippen molar-refractivity contribution in [3.63, 3.8) is 0 Å². The highest BCUT2D eigenvalue weighted by Crippen LogP contribution is 2.40. The molecule has 3 aliphatic rings. The number of oxime groups is 1. The van der Waals surface area contributed by atoms with Gasteiger partial charge >= 0.3 is 0 Å². The molecule has 2 heterocycles. The largest absolute Gasteiger partial charge is 0.410 e. The molecule has 9 nitrogen and oxygen atoms in total. The number of hydrogen-bond donors (Lipinski definition) is 2. The van der Waals surface area contributed by atoms with E-state index in [1.807, 2.05) is 7.05 Å². The summed E-state index contributed by atoms with van der Waals surface area (Å²) in [5, 5.41) is 16.0. The van der Waals surface area contributed by atoms with Gasteiger partial charge in [-0.2, -0.15) is 4.31 Å². The number of benzene rings is 2. The molecular formula is C23H28N4O5S2. The van der Waals surface area contributed by atoms with Crippen LogP contribution in [0.15, 0.2) is 51.3 Å². The third kappa shape index (κ3) is 3.85. The molecule has 0 aromatic heterocycles. The number of sulfone groups is 1. The molecule has 2 aliphatic heterocycles. The topological polar surface area (TPSA) is 119 Å². The summed E-state index contributed by atoms with van der Waals surface area (Å²) in [6.45, 7) is 3.47. The minimum atomic E-state index is -3.70. The van der Waals surface area contributed by atoms with Crippen molar-refractivity contribution in [2.45, 2.75) is 27.9 Å². The van der Waals surface area contributed by atoms with Crippen molar-refractivity contribution in [2.24, 2.45) is 5.16 Å². The van der Waals surface area contributed by atoms with Gasteiger partial charge < -0.3 is 15.4 Å². The van der Waals surface area contributed by atoms with Crippen LogP contribution in [0.3, 0.4) is 0 Å². The maximum Gasteiger partial charge on any atom is 0.243 e. The van der Waals surface area contributed by atoms with Crippen molar-refractivity contribution >= 4 is 25.6 Å². The molecule has 0 amide bonds. The lowest BCUT2D eigenvalue weighted by Crippen LogP contribution is -2.47. The lowest BCUT2D eigenvalue weighted by molar-refractivity contribution is 0.222. The Labute approximate surface area is 200 Å². The summed E-state index contributed by atoms with van der Waals surface area (Å²) in [7, 11) is -5.28. The molecule has 2 aromatic carbocycles. The summed E-state index contributed by atoms with van der Waals surface area (Å²) in [6, 6.07) is 9.66. The Bertz CT molecular complexity index is 1360. The van der Waals surface area contributed by atoms with Crippen LogP contribution in [0, 0.1) is 0 Å². The molecule has 2 fully saturated rings. The smallest absolute Gasteiger partial charge is 0.243 e. The van der Waals surface area contributed by atoms with Crippen LogP contribution in [0.25, 0.3) is 11.1 Å². The van der Waals surface area contributed by atoms with Crippen LogP contribution in [-0.2, 0) is 19.9 Å². The van der Waals surface area contributed by atoms with E-state index in [0.29, 0.717) is 68.8 Å². The summed E-state index contributed by atoms with van der Waals surface area (Å²) in [6.07, 6.45) is 1.10. The van der Waals surface area contributed by atoms with Gasteiger partial charge in [0, 0.05) is 37.3 Å². The zero-order valence-electron chi connectivity index (χ0n) is 18.9. The fraction of sp³-hybridized carbons (Fsp3) is 0.435. The summed E-state index contributed by atoms with van der Waals surface area (Å²) in [5.74, 6) is 0. The number of piperazine rings is 1. The van der Waals surface area contributed by atoms with Crippen LogP contribution in [0.4, 0.5) is 0 Å². The Morgan fingerprint density at radius 3 is 2.00 bits per heavy atom. The molecule has 0 unspecified atom stereocenters. The van der Waals surface area contributed by atoms with E-state index < -0.39 is 25.1 Å². The number of nitrogens with zero attached hydrogens (tertiary/aromatic N) is 3. The Morgan fingerprint density at radius 2 is 1.41 bits per heavy atom. The number of likely N-dealkylation sites (N-methyl/N-ethyl adjacent to an activating group) is 1. The van der Waals surface area contributed by atoms with Crippen LogP contribution in [-0.4, -0.2) is 88.5 Å². The second-order valence-electron chi connectivity index (χ2n) is 9.07. The van der Waals surface area contributed by atoms with Gasteiger partial charge in [0.15, 0.2) is 9.84 Å². The second kappa shape index (κ2) is 8.72. The number of fused-ring (bicyclic) bond motifs is 3. The average Bonchev–Trinajstić information content (AvgIpc) is 3.17. The molecule has 2 saturated heterocycles. The Morgan fingerprint density at radius 1 is 0.853 bits per heavy atom. The number of rotatable bonds is 4. The molecule has 0 bridgehead atoms. The number of piperidine rings is 1. The maximum atomic E-state index is 13.2. The normalized spacial score (nSPS) is 21.5.